The second-order valence-electron chi connectivity index (χ2n) is 8.86. The zero-order valence-corrected chi connectivity index (χ0v) is 21.0. The summed E-state index contributed by atoms with van der Waals surface area (Å²) in [5.41, 5.74) is 1.86. The topological polar surface area (TPSA) is 91.7 Å². The van der Waals surface area contributed by atoms with Gasteiger partial charge in [0.1, 0.15) is 5.76 Å². The Morgan fingerprint density at radius 3 is 2.50 bits per heavy atom. The number of rotatable bonds is 9. The van der Waals surface area contributed by atoms with Crippen LogP contribution in [0.4, 0.5) is 5.69 Å². The van der Waals surface area contributed by atoms with Gasteiger partial charge in [0.25, 0.3) is 11.8 Å². The van der Waals surface area contributed by atoms with Crippen LogP contribution in [0.1, 0.15) is 59.8 Å². The molecule has 0 bridgehead atoms. The maximum atomic E-state index is 13.7. The number of hydrogen-bond acceptors (Lipinski definition) is 5. The molecule has 0 aliphatic heterocycles. The summed E-state index contributed by atoms with van der Waals surface area (Å²) in [4.78, 5) is 41.7. The molecule has 2 aromatic heterocycles. The molecule has 0 saturated carbocycles. The Balaban J connectivity index is 2.02. The molecule has 0 saturated heterocycles. The van der Waals surface area contributed by atoms with Gasteiger partial charge in [-0.25, -0.2) is 0 Å². The van der Waals surface area contributed by atoms with Gasteiger partial charge in [-0.05, 0) is 74.9 Å². The number of nitrogens with one attached hydrogen (secondary N) is 2. The van der Waals surface area contributed by atoms with Crippen LogP contribution >= 0.6 is 11.3 Å². The molecular weight excluding hydrogens is 450 g/mol. The van der Waals surface area contributed by atoms with Crippen LogP contribution in [0.15, 0.2) is 58.5 Å². The molecule has 180 valence electrons. The van der Waals surface area contributed by atoms with Crippen molar-refractivity contribution in [1.82, 2.24) is 10.6 Å². The molecule has 8 heteroatoms. The van der Waals surface area contributed by atoms with Gasteiger partial charge >= 0.3 is 0 Å². The van der Waals surface area contributed by atoms with E-state index in [2.05, 4.69) is 10.6 Å². The van der Waals surface area contributed by atoms with E-state index in [9.17, 15) is 14.4 Å². The normalized spacial score (nSPS) is 12.1. The monoisotopic (exact) mass is 481 g/mol. The van der Waals surface area contributed by atoms with E-state index in [0.717, 1.165) is 11.1 Å². The Hall–Kier alpha value is -3.39. The number of carbonyl (C=O) groups is 3. The van der Waals surface area contributed by atoms with Gasteiger partial charge in [-0.1, -0.05) is 25.1 Å². The molecule has 3 aromatic rings. The highest BCUT2D eigenvalue weighted by Crippen LogP contribution is 2.32. The van der Waals surface area contributed by atoms with Gasteiger partial charge in [0.2, 0.25) is 5.91 Å². The van der Waals surface area contributed by atoms with Crippen molar-refractivity contribution in [3.63, 3.8) is 0 Å². The zero-order valence-electron chi connectivity index (χ0n) is 20.2. The third kappa shape index (κ3) is 5.94. The van der Waals surface area contributed by atoms with Crippen molar-refractivity contribution >= 4 is 34.7 Å². The Morgan fingerprint density at radius 2 is 1.88 bits per heavy atom. The molecular formula is C26H31N3O4S. The highest BCUT2D eigenvalue weighted by molar-refractivity contribution is 7.12. The Bertz CT molecular complexity index is 1140. The summed E-state index contributed by atoms with van der Waals surface area (Å²) >= 11 is 1.29. The molecule has 0 fully saturated rings. The van der Waals surface area contributed by atoms with Crippen LogP contribution in [0.5, 0.6) is 0 Å². The lowest BCUT2D eigenvalue weighted by Crippen LogP contribution is -2.52. The molecule has 2 N–H and O–H groups in total. The molecule has 7 nitrogen and oxygen atoms in total. The fourth-order valence-electron chi connectivity index (χ4n) is 3.44. The number of benzene rings is 1. The van der Waals surface area contributed by atoms with Crippen molar-refractivity contribution in [3.05, 3.63) is 75.9 Å². The van der Waals surface area contributed by atoms with Crippen molar-refractivity contribution in [2.75, 3.05) is 11.4 Å². The van der Waals surface area contributed by atoms with Gasteiger partial charge in [0.05, 0.1) is 17.7 Å². The summed E-state index contributed by atoms with van der Waals surface area (Å²) in [6, 6.07) is 11.5. The predicted molar refractivity (Wildman–Crippen MR) is 134 cm³/mol. The highest BCUT2D eigenvalue weighted by atomic mass is 32.1. The van der Waals surface area contributed by atoms with Gasteiger partial charge in [0.15, 0.2) is 6.04 Å². The van der Waals surface area contributed by atoms with Crippen LogP contribution in [0.25, 0.3) is 0 Å². The third-order valence-electron chi connectivity index (χ3n) is 5.70. The zero-order chi connectivity index (χ0) is 24.9. The summed E-state index contributed by atoms with van der Waals surface area (Å²) in [5.74, 6) is -0.788. The maximum absolute atomic E-state index is 13.7. The van der Waals surface area contributed by atoms with Crippen molar-refractivity contribution in [2.24, 2.45) is 0 Å². The average molecular weight is 482 g/mol. The molecule has 0 aliphatic carbocycles. The first kappa shape index (κ1) is 25.2. The van der Waals surface area contributed by atoms with E-state index >= 15 is 0 Å². The van der Waals surface area contributed by atoms with Gasteiger partial charge < -0.3 is 15.1 Å². The molecule has 0 aliphatic rings. The summed E-state index contributed by atoms with van der Waals surface area (Å²) in [6.45, 7) is 9.37. The summed E-state index contributed by atoms with van der Waals surface area (Å²) in [5, 5.41) is 7.53. The van der Waals surface area contributed by atoms with Crippen molar-refractivity contribution in [3.8, 4) is 0 Å². The van der Waals surface area contributed by atoms with Crippen LogP contribution in [-0.4, -0.2) is 29.8 Å². The van der Waals surface area contributed by atoms with E-state index in [-0.39, 0.29) is 18.4 Å². The quantitative estimate of drug-likeness (QED) is 0.461. The molecule has 34 heavy (non-hydrogen) atoms. The molecule has 1 aromatic carbocycles. The maximum Gasteiger partial charge on any atom is 0.261 e. The Morgan fingerprint density at radius 1 is 1.12 bits per heavy atom. The first-order chi connectivity index (χ1) is 16.1. The number of amides is 3. The number of nitrogens with zero attached hydrogens (tertiary/aromatic N) is 1. The molecule has 2 heterocycles. The van der Waals surface area contributed by atoms with Crippen LogP contribution in [0.3, 0.4) is 0 Å². The number of hydrogen-bond donors (Lipinski definition) is 2. The Kier molecular flexibility index (Phi) is 7.94. The third-order valence-corrected chi connectivity index (χ3v) is 6.57. The second-order valence-corrected chi connectivity index (χ2v) is 9.81. The van der Waals surface area contributed by atoms with E-state index in [1.807, 2.05) is 52.8 Å². The number of furan rings is 1. The summed E-state index contributed by atoms with van der Waals surface area (Å²) in [7, 11) is 0. The Labute approximate surface area is 204 Å². The van der Waals surface area contributed by atoms with Crippen molar-refractivity contribution < 1.29 is 18.8 Å². The fourth-order valence-corrected chi connectivity index (χ4v) is 4.08. The average Bonchev–Trinajstić information content (AvgIpc) is 3.51. The second kappa shape index (κ2) is 10.7. The lowest BCUT2D eigenvalue weighted by Gasteiger charge is -2.34. The minimum absolute atomic E-state index is 0.272. The lowest BCUT2D eigenvalue weighted by molar-refractivity contribution is -0.128. The van der Waals surface area contributed by atoms with Crippen LogP contribution in [0, 0.1) is 13.8 Å². The number of anilines is 1. The van der Waals surface area contributed by atoms with Crippen molar-refractivity contribution in [2.45, 2.75) is 52.6 Å². The first-order valence-corrected chi connectivity index (χ1v) is 12.1. The molecule has 0 unspecified atom stereocenters. The summed E-state index contributed by atoms with van der Waals surface area (Å²) < 4.78 is 5.63. The number of thiophene rings is 1. The lowest BCUT2D eigenvalue weighted by atomic mass is 10.00. The molecule has 1 atom stereocenters. The van der Waals surface area contributed by atoms with E-state index in [0.29, 0.717) is 22.7 Å². The standard InChI is InChI=1S/C26H31N3O4S/c1-6-26(4,5)28-25(32)23(20-9-7-13-33-20)29(19-15-17(2)11-12-18(19)3)22(30)16-27-24(31)21-10-8-14-34-21/h7-15,23H,6,16H2,1-5H3,(H,27,31)(H,28,32)/t23-/m1/s1. The van der Waals surface area contributed by atoms with Crippen LogP contribution < -0.4 is 15.5 Å². The largest absolute Gasteiger partial charge is 0.467 e. The first-order valence-electron chi connectivity index (χ1n) is 11.2. The fraction of sp³-hybridized carbons (Fsp3) is 0.346. The van der Waals surface area contributed by atoms with Crippen LogP contribution in [0.2, 0.25) is 0 Å². The predicted octanol–water partition coefficient (Wildman–Crippen LogP) is 4.77. The molecule has 0 radical (unpaired) electrons. The summed E-state index contributed by atoms with van der Waals surface area (Å²) in [6.07, 6.45) is 2.18. The number of aryl methyl sites for hydroxylation is 2. The minimum Gasteiger partial charge on any atom is -0.467 e. The van der Waals surface area contributed by atoms with Gasteiger partial charge in [0, 0.05) is 11.2 Å². The molecule has 3 rings (SSSR count). The highest BCUT2D eigenvalue weighted by Gasteiger charge is 2.37. The minimum atomic E-state index is -1.05. The van der Waals surface area contributed by atoms with Gasteiger partial charge in [-0.2, -0.15) is 0 Å². The van der Waals surface area contributed by atoms with E-state index in [1.54, 1.807) is 29.6 Å². The van der Waals surface area contributed by atoms with Crippen molar-refractivity contribution in [1.29, 1.82) is 0 Å². The van der Waals surface area contributed by atoms with Gasteiger partial charge in [-0.3, -0.25) is 19.3 Å². The van der Waals surface area contributed by atoms with E-state index in [4.69, 9.17) is 4.42 Å². The van der Waals surface area contributed by atoms with E-state index in [1.165, 1.54) is 22.5 Å². The number of carbonyl (C=O) groups excluding carboxylic acids is 3. The molecule has 3 amide bonds. The molecule has 0 spiro atoms. The van der Waals surface area contributed by atoms with E-state index < -0.39 is 17.5 Å². The smallest absolute Gasteiger partial charge is 0.261 e. The SMILES string of the molecule is CCC(C)(C)NC(=O)[C@@H](c1ccco1)N(C(=O)CNC(=O)c1cccs1)c1cc(C)ccc1C. The van der Waals surface area contributed by atoms with Crippen LogP contribution in [-0.2, 0) is 9.59 Å². The van der Waals surface area contributed by atoms with Gasteiger partial charge in [-0.15, -0.1) is 11.3 Å².